The lowest BCUT2D eigenvalue weighted by molar-refractivity contribution is 0.121. The topological polar surface area (TPSA) is 111 Å². The Hall–Kier alpha value is -3.38. The molecule has 12 heteroatoms. The second kappa shape index (κ2) is 8.63. The van der Waals surface area contributed by atoms with E-state index in [2.05, 4.69) is 25.1 Å². The molecule has 0 bridgehead atoms. The van der Waals surface area contributed by atoms with Gasteiger partial charge in [0.25, 0.3) is 0 Å². The van der Waals surface area contributed by atoms with Crippen LogP contribution in [0.2, 0.25) is 0 Å². The third-order valence-electron chi connectivity index (χ3n) is 5.36. The summed E-state index contributed by atoms with van der Waals surface area (Å²) in [6.45, 7) is 5.02. The van der Waals surface area contributed by atoms with E-state index in [4.69, 9.17) is 14.5 Å². The van der Waals surface area contributed by atoms with Gasteiger partial charge in [-0.2, -0.15) is 9.97 Å². The molecule has 5 rings (SSSR count). The van der Waals surface area contributed by atoms with E-state index in [1.807, 2.05) is 4.90 Å². The Balaban J connectivity index is 1.52. The molecule has 0 aliphatic carbocycles. The van der Waals surface area contributed by atoms with Gasteiger partial charge in [-0.15, -0.1) is 10.2 Å². The van der Waals surface area contributed by atoms with Crippen molar-refractivity contribution >= 4 is 34.2 Å². The van der Waals surface area contributed by atoms with Gasteiger partial charge < -0.3 is 29.4 Å². The predicted molar refractivity (Wildman–Crippen MR) is 112 cm³/mol. The van der Waals surface area contributed by atoms with Crippen molar-refractivity contribution in [1.82, 2.24) is 15.0 Å². The molecule has 0 atom stereocenters. The number of aromatic hydroxyl groups is 1. The first-order valence-electron chi connectivity index (χ1n) is 10.2. The van der Waals surface area contributed by atoms with Gasteiger partial charge in [-0.1, -0.05) is 0 Å². The number of anilines is 2. The molecule has 0 unspecified atom stereocenters. The standard InChI is InChI=1S/C20H21F2N7O3/c21-13-9-12-15(10-14(13)22)23-19(30)18(12)27-26-16-11-17(28-1-5-31-6-2-28)25-20(24-16)29-3-7-32-8-4-29/h9-11,23,30H,1-8H2. The number of halogens is 2. The first kappa shape index (κ1) is 20.5. The number of benzene rings is 1. The van der Waals surface area contributed by atoms with Gasteiger partial charge in [0.2, 0.25) is 11.8 Å². The van der Waals surface area contributed by atoms with Gasteiger partial charge in [0.1, 0.15) is 5.82 Å². The summed E-state index contributed by atoms with van der Waals surface area (Å²) in [7, 11) is 0. The van der Waals surface area contributed by atoms with E-state index in [0.29, 0.717) is 64.4 Å². The van der Waals surface area contributed by atoms with Crippen molar-refractivity contribution in [2.24, 2.45) is 10.2 Å². The number of azo groups is 1. The van der Waals surface area contributed by atoms with Gasteiger partial charge >= 0.3 is 0 Å². The molecular weight excluding hydrogens is 424 g/mol. The van der Waals surface area contributed by atoms with Gasteiger partial charge in [0, 0.05) is 43.7 Å². The minimum atomic E-state index is -1.04. The highest BCUT2D eigenvalue weighted by Gasteiger charge is 2.20. The van der Waals surface area contributed by atoms with E-state index in [1.165, 1.54) is 0 Å². The Labute approximate surface area is 181 Å². The molecule has 2 aliphatic heterocycles. The molecule has 2 fully saturated rings. The smallest absolute Gasteiger partial charge is 0.229 e. The Morgan fingerprint density at radius 1 is 0.875 bits per heavy atom. The van der Waals surface area contributed by atoms with Crippen LogP contribution in [-0.4, -0.2) is 72.7 Å². The molecule has 2 N–H and O–H groups in total. The van der Waals surface area contributed by atoms with Crippen molar-refractivity contribution in [1.29, 1.82) is 0 Å². The number of hydrogen-bond donors (Lipinski definition) is 2. The SMILES string of the molecule is Oc1[nH]c2cc(F)c(F)cc2c1N=Nc1cc(N2CCOCC2)nc(N2CCOCC2)n1. The number of aromatic amines is 1. The maximum atomic E-state index is 13.7. The molecule has 2 aromatic heterocycles. The highest BCUT2D eigenvalue weighted by molar-refractivity contribution is 5.94. The molecule has 10 nitrogen and oxygen atoms in total. The van der Waals surface area contributed by atoms with Crippen molar-refractivity contribution in [3.8, 4) is 5.88 Å². The van der Waals surface area contributed by atoms with Gasteiger partial charge in [-0.25, -0.2) is 8.78 Å². The van der Waals surface area contributed by atoms with Crippen LogP contribution in [0.4, 0.5) is 32.1 Å². The molecular formula is C20H21F2N7O3. The zero-order valence-electron chi connectivity index (χ0n) is 17.1. The first-order chi connectivity index (χ1) is 15.6. The highest BCUT2D eigenvalue weighted by atomic mass is 19.2. The fraction of sp³-hybridized carbons (Fsp3) is 0.400. The van der Waals surface area contributed by atoms with E-state index >= 15 is 0 Å². The Morgan fingerprint density at radius 2 is 1.53 bits per heavy atom. The van der Waals surface area contributed by atoms with Crippen molar-refractivity contribution in [3.05, 3.63) is 29.8 Å². The molecule has 168 valence electrons. The molecule has 0 amide bonds. The van der Waals surface area contributed by atoms with Crippen molar-refractivity contribution < 1.29 is 23.4 Å². The lowest BCUT2D eigenvalue weighted by Crippen LogP contribution is -2.39. The summed E-state index contributed by atoms with van der Waals surface area (Å²) in [4.78, 5) is 15.9. The van der Waals surface area contributed by atoms with E-state index < -0.39 is 11.6 Å². The summed E-state index contributed by atoms with van der Waals surface area (Å²) in [5, 5.41) is 18.7. The number of aromatic nitrogens is 3. The van der Waals surface area contributed by atoms with Gasteiger partial charge in [-0.05, 0) is 6.07 Å². The minimum absolute atomic E-state index is 0.00152. The number of rotatable bonds is 4. The lowest BCUT2D eigenvalue weighted by atomic mass is 10.2. The second-order valence-electron chi connectivity index (χ2n) is 7.42. The van der Waals surface area contributed by atoms with Crippen molar-refractivity contribution in [3.63, 3.8) is 0 Å². The molecule has 2 aliphatic rings. The van der Waals surface area contributed by atoms with Crippen molar-refractivity contribution in [2.45, 2.75) is 0 Å². The van der Waals surface area contributed by atoms with Crippen LogP contribution in [0.25, 0.3) is 10.9 Å². The lowest BCUT2D eigenvalue weighted by Gasteiger charge is -2.30. The van der Waals surface area contributed by atoms with Crippen molar-refractivity contribution in [2.75, 3.05) is 62.4 Å². The number of hydrogen-bond acceptors (Lipinski definition) is 9. The molecule has 0 saturated carbocycles. The summed E-state index contributed by atoms with van der Waals surface area (Å²) in [5.41, 5.74) is 0.208. The fourth-order valence-corrected chi connectivity index (χ4v) is 3.68. The summed E-state index contributed by atoms with van der Waals surface area (Å²) >= 11 is 0. The monoisotopic (exact) mass is 445 g/mol. The number of morpholine rings is 2. The molecule has 0 radical (unpaired) electrons. The average molecular weight is 445 g/mol. The quantitative estimate of drug-likeness (QED) is 0.594. The molecule has 32 heavy (non-hydrogen) atoms. The van der Waals surface area contributed by atoms with Gasteiger partial charge in [0.05, 0.1) is 31.9 Å². The summed E-state index contributed by atoms with van der Waals surface area (Å²) in [6.07, 6.45) is 0. The van der Waals surface area contributed by atoms with Crippen LogP contribution >= 0.6 is 0 Å². The zero-order chi connectivity index (χ0) is 22.1. The fourth-order valence-electron chi connectivity index (χ4n) is 3.68. The number of H-pyrrole nitrogens is 1. The third kappa shape index (κ3) is 4.06. The maximum absolute atomic E-state index is 13.7. The van der Waals surface area contributed by atoms with E-state index in [9.17, 15) is 13.9 Å². The number of fused-ring (bicyclic) bond motifs is 1. The van der Waals surface area contributed by atoms with Crippen LogP contribution in [0.15, 0.2) is 28.4 Å². The summed E-state index contributed by atoms with van der Waals surface area (Å²) < 4.78 is 38.1. The zero-order valence-corrected chi connectivity index (χ0v) is 17.1. The van der Waals surface area contributed by atoms with E-state index in [1.54, 1.807) is 6.07 Å². The van der Waals surface area contributed by atoms with Crippen LogP contribution in [-0.2, 0) is 9.47 Å². The maximum Gasteiger partial charge on any atom is 0.229 e. The normalized spacial score (nSPS) is 17.6. The summed E-state index contributed by atoms with van der Waals surface area (Å²) in [6, 6.07) is 3.62. The molecule has 3 aromatic rings. The van der Waals surface area contributed by atoms with Crippen LogP contribution in [0.5, 0.6) is 5.88 Å². The van der Waals surface area contributed by atoms with Crippen LogP contribution in [0, 0.1) is 11.6 Å². The minimum Gasteiger partial charge on any atom is -0.493 e. The average Bonchev–Trinajstić information content (AvgIpc) is 3.12. The third-order valence-corrected chi connectivity index (χ3v) is 5.36. The summed E-state index contributed by atoms with van der Waals surface area (Å²) in [5.74, 6) is -0.941. The number of nitrogens with zero attached hydrogens (tertiary/aromatic N) is 6. The van der Waals surface area contributed by atoms with Crippen LogP contribution in [0.1, 0.15) is 0 Å². The number of ether oxygens (including phenoxy) is 2. The molecule has 4 heterocycles. The Bertz CT molecular complexity index is 1120. The van der Waals surface area contributed by atoms with E-state index in [0.717, 1.165) is 12.1 Å². The predicted octanol–water partition coefficient (Wildman–Crippen LogP) is 3.03. The molecule has 1 aromatic carbocycles. The van der Waals surface area contributed by atoms with Gasteiger partial charge in [0.15, 0.2) is 23.1 Å². The van der Waals surface area contributed by atoms with Crippen LogP contribution < -0.4 is 9.80 Å². The van der Waals surface area contributed by atoms with Gasteiger partial charge in [-0.3, -0.25) is 0 Å². The first-order valence-corrected chi connectivity index (χ1v) is 10.2. The molecule has 0 spiro atoms. The Kier molecular flexibility index (Phi) is 5.53. The van der Waals surface area contributed by atoms with Crippen LogP contribution in [0.3, 0.4) is 0 Å². The second-order valence-corrected chi connectivity index (χ2v) is 7.42. The number of nitrogens with one attached hydrogen (secondary N) is 1. The molecule has 2 saturated heterocycles. The van der Waals surface area contributed by atoms with E-state index in [-0.39, 0.29) is 28.3 Å². The highest BCUT2D eigenvalue weighted by Crippen LogP contribution is 2.37. The Morgan fingerprint density at radius 3 is 2.25 bits per heavy atom. The largest absolute Gasteiger partial charge is 0.493 e.